The highest BCUT2D eigenvalue weighted by Crippen LogP contribution is 2.31. The van der Waals surface area contributed by atoms with Crippen molar-refractivity contribution in [2.45, 2.75) is 80.7 Å². The van der Waals surface area contributed by atoms with Gasteiger partial charge < -0.3 is 51.5 Å². The van der Waals surface area contributed by atoms with E-state index in [1.54, 1.807) is 0 Å². The lowest BCUT2D eigenvalue weighted by Crippen LogP contribution is -2.67. The van der Waals surface area contributed by atoms with E-state index in [4.69, 9.17) is 36.1 Å². The van der Waals surface area contributed by atoms with Crippen molar-refractivity contribution in [3.8, 4) is 0 Å². The van der Waals surface area contributed by atoms with Crippen LogP contribution in [0.2, 0.25) is 0 Å². The predicted octanol–water partition coefficient (Wildman–Crippen LogP) is 1.67. The topological polar surface area (TPSA) is 176 Å². The highest BCUT2D eigenvalue weighted by Gasteiger charge is 2.49. The van der Waals surface area contributed by atoms with Crippen molar-refractivity contribution in [1.29, 1.82) is 0 Å². The Morgan fingerprint density at radius 2 is 1.20 bits per heavy atom. The second-order valence-electron chi connectivity index (χ2n) is 11.9. The number of aliphatic hydroxyl groups excluding tert-OH is 3. The average Bonchev–Trinajstić information content (AvgIpc) is 3.04. The molecule has 1 saturated carbocycles. The molecule has 10 heteroatoms. The van der Waals surface area contributed by atoms with Crippen LogP contribution in [-0.4, -0.2) is 83.0 Å². The van der Waals surface area contributed by atoms with E-state index in [-0.39, 0.29) is 19.6 Å². The number of nitrogens with two attached hydrogens (primary N) is 3. The van der Waals surface area contributed by atoms with Crippen molar-refractivity contribution in [3.05, 3.63) is 96.1 Å². The molecule has 6 rings (SSSR count). The van der Waals surface area contributed by atoms with Gasteiger partial charge in [-0.15, -0.1) is 0 Å². The van der Waals surface area contributed by atoms with Crippen LogP contribution < -0.4 is 17.2 Å². The minimum atomic E-state index is -1.20. The highest BCUT2D eigenvalue weighted by molar-refractivity contribution is 5.83. The van der Waals surface area contributed by atoms with Crippen LogP contribution in [0.15, 0.2) is 84.9 Å². The molecule has 9 N–H and O–H groups in total. The normalized spacial score (nSPS) is 32.7. The van der Waals surface area contributed by atoms with Crippen LogP contribution in [0.1, 0.15) is 17.5 Å². The van der Waals surface area contributed by atoms with E-state index in [1.807, 2.05) is 84.9 Å². The first-order chi connectivity index (χ1) is 21.3. The van der Waals surface area contributed by atoms with E-state index >= 15 is 0 Å². The van der Waals surface area contributed by atoms with Gasteiger partial charge in [0.05, 0.1) is 32.0 Å². The van der Waals surface area contributed by atoms with Gasteiger partial charge >= 0.3 is 0 Å². The van der Waals surface area contributed by atoms with Gasteiger partial charge in [-0.3, -0.25) is 0 Å². The maximum Gasteiger partial charge on any atom is 0.176 e. The lowest BCUT2D eigenvalue weighted by molar-refractivity contribution is -0.302. The summed E-state index contributed by atoms with van der Waals surface area (Å²) in [7, 11) is 0. The summed E-state index contributed by atoms with van der Waals surface area (Å²) in [6.07, 6.45) is -6.72. The van der Waals surface area contributed by atoms with Crippen LogP contribution in [0.4, 0.5) is 0 Å². The predicted molar refractivity (Wildman–Crippen MR) is 166 cm³/mol. The molecule has 1 aliphatic carbocycles. The summed E-state index contributed by atoms with van der Waals surface area (Å²) in [6, 6.07) is 25.9. The van der Waals surface area contributed by atoms with Gasteiger partial charge in [-0.1, -0.05) is 72.8 Å². The first kappa shape index (κ1) is 31.0. The van der Waals surface area contributed by atoms with Crippen molar-refractivity contribution in [3.63, 3.8) is 0 Å². The number of aliphatic hydroxyl groups is 3. The summed E-state index contributed by atoms with van der Waals surface area (Å²) >= 11 is 0. The first-order valence-electron chi connectivity index (χ1n) is 15.1. The standard InChI is InChI=1S/C34H41N3O7/c35-25-15-26(36)31(33(29(25)39)42-18-20-10-12-22-6-2-4-8-24(22)14-20)44-34-28(37)32(30(40)27(16-38)43-34)41-17-19-9-11-21-5-1-3-7-23(21)13-19/h1-14,25-34,38-40H,15-18,35-37H2/t25-,26?,27?,28?,29?,30-,31-,32-,33-,34-/m1/s1. The molecule has 2 fully saturated rings. The van der Waals surface area contributed by atoms with E-state index in [2.05, 4.69) is 0 Å². The molecule has 0 amide bonds. The molecule has 234 valence electrons. The minimum absolute atomic E-state index is 0.180. The molecule has 0 radical (unpaired) electrons. The summed E-state index contributed by atoms with van der Waals surface area (Å²) in [5.74, 6) is 0. The van der Waals surface area contributed by atoms with Crippen molar-refractivity contribution >= 4 is 21.5 Å². The van der Waals surface area contributed by atoms with E-state index in [0.29, 0.717) is 0 Å². The maximum absolute atomic E-state index is 11.1. The van der Waals surface area contributed by atoms with Crippen molar-refractivity contribution in [2.24, 2.45) is 17.2 Å². The molecular weight excluding hydrogens is 562 g/mol. The Morgan fingerprint density at radius 3 is 1.77 bits per heavy atom. The van der Waals surface area contributed by atoms with Gasteiger partial charge in [-0.25, -0.2) is 0 Å². The molecule has 0 bridgehead atoms. The molecule has 1 saturated heterocycles. The molecular formula is C34H41N3O7. The second kappa shape index (κ2) is 13.6. The van der Waals surface area contributed by atoms with Gasteiger partial charge in [-0.05, 0) is 51.2 Å². The van der Waals surface area contributed by atoms with Crippen molar-refractivity contribution in [2.75, 3.05) is 6.61 Å². The van der Waals surface area contributed by atoms with Crippen LogP contribution in [0, 0.1) is 0 Å². The number of hydrogen-bond acceptors (Lipinski definition) is 10. The average molecular weight is 604 g/mol. The van der Waals surface area contributed by atoms with Crippen molar-refractivity contribution in [1.82, 2.24) is 0 Å². The van der Waals surface area contributed by atoms with E-state index in [0.717, 1.165) is 32.7 Å². The number of rotatable bonds is 9. The zero-order valence-electron chi connectivity index (χ0n) is 24.4. The lowest BCUT2D eigenvalue weighted by atomic mass is 9.84. The summed E-state index contributed by atoms with van der Waals surface area (Å²) in [5.41, 5.74) is 21.2. The summed E-state index contributed by atoms with van der Waals surface area (Å²) < 4.78 is 24.7. The zero-order chi connectivity index (χ0) is 30.8. The third kappa shape index (κ3) is 6.51. The number of fused-ring (bicyclic) bond motifs is 2. The fourth-order valence-electron chi connectivity index (χ4n) is 6.26. The van der Waals surface area contributed by atoms with Gasteiger partial charge in [0.2, 0.25) is 0 Å². The van der Waals surface area contributed by atoms with Gasteiger partial charge in [0.25, 0.3) is 0 Å². The van der Waals surface area contributed by atoms with Gasteiger partial charge in [0, 0.05) is 12.1 Å². The summed E-state index contributed by atoms with van der Waals surface area (Å²) in [4.78, 5) is 0. The van der Waals surface area contributed by atoms with Crippen LogP contribution in [0.25, 0.3) is 21.5 Å². The fraction of sp³-hybridized carbons (Fsp3) is 0.412. The summed E-state index contributed by atoms with van der Waals surface area (Å²) in [5, 5.41) is 36.4. The molecule has 44 heavy (non-hydrogen) atoms. The fourth-order valence-corrected chi connectivity index (χ4v) is 6.26. The van der Waals surface area contributed by atoms with Crippen LogP contribution in [0.5, 0.6) is 0 Å². The molecule has 4 unspecified atom stereocenters. The van der Waals surface area contributed by atoms with Gasteiger partial charge in [-0.2, -0.15) is 0 Å². The third-order valence-electron chi connectivity index (χ3n) is 8.77. The Balaban J connectivity index is 1.17. The van der Waals surface area contributed by atoms with E-state index in [9.17, 15) is 15.3 Å². The highest BCUT2D eigenvalue weighted by atomic mass is 16.7. The largest absolute Gasteiger partial charge is 0.394 e. The van der Waals surface area contributed by atoms with Gasteiger partial charge in [0.1, 0.15) is 30.5 Å². The van der Waals surface area contributed by atoms with Crippen LogP contribution in [0.3, 0.4) is 0 Å². The number of benzene rings is 4. The van der Waals surface area contributed by atoms with Gasteiger partial charge in [0.15, 0.2) is 6.29 Å². The quantitative estimate of drug-likeness (QED) is 0.165. The first-order valence-corrected chi connectivity index (χ1v) is 15.1. The Hall–Kier alpha value is -3.00. The Labute approximate surface area is 256 Å². The molecule has 1 heterocycles. The molecule has 4 aromatic rings. The zero-order valence-corrected chi connectivity index (χ0v) is 24.4. The Morgan fingerprint density at radius 1 is 0.659 bits per heavy atom. The number of ether oxygens (including phenoxy) is 4. The molecule has 10 nitrogen and oxygen atoms in total. The molecule has 1 aliphatic heterocycles. The van der Waals surface area contributed by atoms with E-state index in [1.165, 1.54) is 0 Å². The smallest absolute Gasteiger partial charge is 0.176 e. The molecule has 4 aromatic carbocycles. The Bertz CT molecular complexity index is 1560. The van der Waals surface area contributed by atoms with E-state index < -0.39 is 67.6 Å². The molecule has 10 atom stereocenters. The Kier molecular flexibility index (Phi) is 9.55. The van der Waals surface area contributed by atoms with Crippen LogP contribution in [-0.2, 0) is 32.2 Å². The third-order valence-corrected chi connectivity index (χ3v) is 8.77. The summed E-state index contributed by atoms with van der Waals surface area (Å²) in [6.45, 7) is -0.103. The SMILES string of the molecule is NC1[C@@H](O[C@@H]2C(N)C[C@@H](N)C(O)[C@H]2OCc2ccc3ccccc3c2)OC(CO)[C@@H](O)[C@@H]1OCc1ccc2ccccc2c1. The minimum Gasteiger partial charge on any atom is -0.394 e. The maximum atomic E-state index is 11.1. The molecule has 2 aliphatic rings. The van der Waals surface area contributed by atoms with Crippen molar-refractivity contribution < 1.29 is 34.3 Å². The molecule has 0 aromatic heterocycles. The van der Waals surface area contributed by atoms with Crippen LogP contribution >= 0.6 is 0 Å². The lowest BCUT2D eigenvalue weighted by Gasteiger charge is -2.47. The second-order valence-corrected chi connectivity index (χ2v) is 11.9. The monoisotopic (exact) mass is 603 g/mol. The number of hydrogen-bond donors (Lipinski definition) is 6. The molecule has 0 spiro atoms.